The quantitative estimate of drug-likeness (QED) is 0.726. The van der Waals surface area contributed by atoms with Gasteiger partial charge >= 0.3 is 0 Å². The van der Waals surface area contributed by atoms with E-state index >= 15 is 0 Å². The van der Waals surface area contributed by atoms with E-state index in [0.717, 1.165) is 24.5 Å². The number of benzene rings is 2. The molecule has 1 aliphatic heterocycles. The summed E-state index contributed by atoms with van der Waals surface area (Å²) in [6.45, 7) is 3.39. The number of nitrogens with zero attached hydrogens (tertiary/aromatic N) is 1. The summed E-state index contributed by atoms with van der Waals surface area (Å²) < 4.78 is 26.8. The highest BCUT2D eigenvalue weighted by Gasteiger charge is 2.17. The summed E-state index contributed by atoms with van der Waals surface area (Å²) in [5.41, 5.74) is 2.12. The molecule has 1 heterocycles. The molecule has 3 N–H and O–H groups in total. The summed E-state index contributed by atoms with van der Waals surface area (Å²) in [4.78, 5) is 4.76. The highest BCUT2D eigenvalue weighted by atomic mass is 32.2. The van der Waals surface area contributed by atoms with Gasteiger partial charge in [-0.15, -0.1) is 0 Å². The van der Waals surface area contributed by atoms with E-state index in [2.05, 4.69) is 32.5 Å². The van der Waals surface area contributed by atoms with Crippen molar-refractivity contribution in [3.8, 4) is 0 Å². The molecule has 0 aromatic heterocycles. The minimum atomic E-state index is -3.44. The molecule has 6 nitrogen and oxygen atoms in total. The van der Waals surface area contributed by atoms with Gasteiger partial charge in [-0.05, 0) is 29.7 Å². The summed E-state index contributed by atoms with van der Waals surface area (Å²) in [6.07, 6.45) is 0.950. The zero-order valence-corrected chi connectivity index (χ0v) is 15.6. The lowest BCUT2D eigenvalue weighted by Gasteiger charge is -2.25. The second-order valence-corrected chi connectivity index (χ2v) is 7.90. The van der Waals surface area contributed by atoms with Crippen LogP contribution in [0, 0.1) is 0 Å². The zero-order valence-electron chi connectivity index (χ0n) is 14.8. The molecular weight excluding hydrogens is 348 g/mol. The summed E-state index contributed by atoms with van der Waals surface area (Å²) in [6, 6.07) is 17.5. The van der Waals surface area contributed by atoms with E-state index in [-0.39, 0.29) is 10.9 Å². The molecular formula is C19H24N4O2S. The van der Waals surface area contributed by atoms with Crippen molar-refractivity contribution in [1.82, 2.24) is 15.4 Å². The maximum absolute atomic E-state index is 12.1. The molecule has 0 amide bonds. The van der Waals surface area contributed by atoms with Crippen LogP contribution in [0.2, 0.25) is 0 Å². The third-order valence-electron chi connectivity index (χ3n) is 4.20. The van der Waals surface area contributed by atoms with Crippen molar-refractivity contribution < 1.29 is 8.42 Å². The Bertz CT molecular complexity index is 866. The Labute approximate surface area is 154 Å². The Morgan fingerprint density at radius 2 is 1.96 bits per heavy atom. The van der Waals surface area contributed by atoms with Crippen molar-refractivity contribution >= 4 is 16.0 Å². The topological polar surface area (TPSA) is 82.6 Å². The number of hydrogen-bond donors (Lipinski definition) is 3. The van der Waals surface area contributed by atoms with Gasteiger partial charge in [-0.3, -0.25) is 4.99 Å². The molecule has 26 heavy (non-hydrogen) atoms. The third-order valence-corrected chi connectivity index (χ3v) is 5.75. The molecule has 1 atom stereocenters. The number of rotatable bonds is 6. The van der Waals surface area contributed by atoms with Gasteiger partial charge in [0.1, 0.15) is 0 Å². The number of aliphatic imine (C=N–C) groups is 1. The van der Waals surface area contributed by atoms with Crippen molar-refractivity contribution in [2.75, 3.05) is 13.1 Å². The van der Waals surface area contributed by atoms with Gasteiger partial charge in [-0.2, -0.15) is 0 Å². The van der Waals surface area contributed by atoms with Crippen LogP contribution in [-0.4, -0.2) is 27.5 Å². The van der Waals surface area contributed by atoms with E-state index in [4.69, 9.17) is 0 Å². The fraction of sp³-hybridized carbons (Fsp3) is 0.316. The number of hydrogen-bond acceptors (Lipinski definition) is 5. The van der Waals surface area contributed by atoms with Crippen molar-refractivity contribution in [2.24, 2.45) is 4.99 Å². The van der Waals surface area contributed by atoms with Crippen LogP contribution in [0.3, 0.4) is 0 Å². The van der Waals surface area contributed by atoms with Crippen LogP contribution in [0.15, 0.2) is 64.5 Å². The predicted octanol–water partition coefficient (Wildman–Crippen LogP) is 2.17. The smallest absolute Gasteiger partial charge is 0.240 e. The van der Waals surface area contributed by atoms with Crippen LogP contribution in [0.25, 0.3) is 0 Å². The van der Waals surface area contributed by atoms with E-state index in [1.54, 1.807) is 25.1 Å². The standard InChI is InChI=1S/C19H24N4O2S/c1-2-22-26(24,25)17-10-6-7-15(13-17)14-21-19-20-12-11-18(23-19)16-8-4-3-5-9-16/h3-10,13,18,22H,2,11-12,14H2,1H3,(H2,20,21,23). The molecule has 3 rings (SSSR count). The van der Waals surface area contributed by atoms with Gasteiger partial charge in [-0.25, -0.2) is 13.1 Å². The largest absolute Gasteiger partial charge is 0.352 e. The first-order valence-electron chi connectivity index (χ1n) is 8.77. The predicted molar refractivity (Wildman–Crippen MR) is 103 cm³/mol. The van der Waals surface area contributed by atoms with E-state index < -0.39 is 10.0 Å². The molecule has 138 valence electrons. The maximum atomic E-state index is 12.1. The lowest BCUT2D eigenvalue weighted by Crippen LogP contribution is -2.42. The van der Waals surface area contributed by atoms with Gasteiger partial charge in [0.15, 0.2) is 5.96 Å². The molecule has 7 heteroatoms. The second-order valence-electron chi connectivity index (χ2n) is 6.13. The van der Waals surface area contributed by atoms with E-state index in [1.165, 1.54) is 5.56 Å². The molecule has 2 aromatic rings. The molecule has 2 aromatic carbocycles. The normalized spacial score (nSPS) is 17.3. The molecule has 1 unspecified atom stereocenters. The van der Waals surface area contributed by atoms with Crippen molar-refractivity contribution in [1.29, 1.82) is 0 Å². The highest BCUT2D eigenvalue weighted by Crippen LogP contribution is 2.18. The van der Waals surface area contributed by atoms with Gasteiger partial charge in [0, 0.05) is 19.6 Å². The Morgan fingerprint density at radius 3 is 2.73 bits per heavy atom. The summed E-state index contributed by atoms with van der Waals surface area (Å²) >= 11 is 0. The lowest BCUT2D eigenvalue weighted by molar-refractivity contribution is 0.555. The molecule has 0 saturated carbocycles. The first-order chi connectivity index (χ1) is 12.6. The third kappa shape index (κ3) is 4.62. The Morgan fingerprint density at radius 1 is 1.15 bits per heavy atom. The van der Waals surface area contributed by atoms with Crippen LogP contribution in [0.4, 0.5) is 0 Å². The monoisotopic (exact) mass is 372 g/mol. The van der Waals surface area contributed by atoms with Gasteiger partial charge in [-0.1, -0.05) is 49.4 Å². The average molecular weight is 372 g/mol. The Hall–Kier alpha value is -2.38. The zero-order chi connectivity index (χ0) is 18.4. The first kappa shape index (κ1) is 18.4. The second kappa shape index (κ2) is 8.33. The highest BCUT2D eigenvalue weighted by molar-refractivity contribution is 7.89. The summed E-state index contributed by atoms with van der Waals surface area (Å²) in [7, 11) is -3.44. The van der Waals surface area contributed by atoms with E-state index in [0.29, 0.717) is 13.1 Å². The van der Waals surface area contributed by atoms with Crippen LogP contribution < -0.4 is 15.4 Å². The minimum absolute atomic E-state index is 0.233. The summed E-state index contributed by atoms with van der Waals surface area (Å²) in [5.74, 6) is 0.741. The lowest BCUT2D eigenvalue weighted by atomic mass is 10.0. The van der Waals surface area contributed by atoms with Crippen molar-refractivity contribution in [3.05, 3.63) is 65.7 Å². The van der Waals surface area contributed by atoms with Crippen molar-refractivity contribution in [2.45, 2.75) is 30.8 Å². The number of guanidine groups is 1. The maximum Gasteiger partial charge on any atom is 0.240 e. The molecule has 0 bridgehead atoms. The fourth-order valence-corrected chi connectivity index (χ4v) is 4.02. The van der Waals surface area contributed by atoms with Crippen LogP contribution in [0.1, 0.15) is 30.5 Å². The van der Waals surface area contributed by atoms with Gasteiger partial charge < -0.3 is 10.6 Å². The van der Waals surface area contributed by atoms with E-state index in [1.807, 2.05) is 24.3 Å². The van der Waals surface area contributed by atoms with Crippen molar-refractivity contribution in [3.63, 3.8) is 0 Å². The molecule has 0 radical (unpaired) electrons. The molecule has 1 aliphatic rings. The molecule has 0 aliphatic carbocycles. The van der Waals surface area contributed by atoms with E-state index in [9.17, 15) is 8.42 Å². The minimum Gasteiger partial charge on any atom is -0.352 e. The summed E-state index contributed by atoms with van der Waals surface area (Å²) in [5, 5.41) is 6.69. The fourth-order valence-electron chi connectivity index (χ4n) is 2.91. The van der Waals surface area contributed by atoms with Gasteiger partial charge in [0.05, 0.1) is 10.9 Å². The van der Waals surface area contributed by atoms with Gasteiger partial charge in [0.25, 0.3) is 0 Å². The molecule has 0 spiro atoms. The van der Waals surface area contributed by atoms with Gasteiger partial charge in [0.2, 0.25) is 10.0 Å². The average Bonchev–Trinajstić information content (AvgIpc) is 2.67. The Kier molecular flexibility index (Phi) is 5.90. The van der Waals surface area contributed by atoms with Crippen LogP contribution >= 0.6 is 0 Å². The van der Waals surface area contributed by atoms with Crippen LogP contribution in [-0.2, 0) is 16.6 Å². The first-order valence-corrected chi connectivity index (χ1v) is 10.2. The number of sulfonamides is 1. The number of nitrogens with one attached hydrogen (secondary N) is 3. The SMILES string of the molecule is CCNS(=O)(=O)c1cccc(CNC2=NCCC(c3ccccc3)N2)c1. The molecule has 0 saturated heterocycles. The molecule has 0 fully saturated rings. The van der Waals surface area contributed by atoms with Crippen LogP contribution in [0.5, 0.6) is 0 Å². The Balaban J connectivity index is 1.63.